The van der Waals surface area contributed by atoms with Crippen LogP contribution in [-0.2, 0) is 39.8 Å². The Morgan fingerprint density at radius 3 is 2.21 bits per heavy atom. The van der Waals surface area contributed by atoms with Gasteiger partial charge in [-0.25, -0.2) is 0 Å². The number of hydrogen-bond acceptors (Lipinski definition) is 14. The highest BCUT2D eigenvalue weighted by atomic mass is 16.7. The zero-order chi connectivity index (χ0) is 40.2. The number of hydrogen-bond donors (Lipinski definition) is 5. The summed E-state index contributed by atoms with van der Waals surface area (Å²) < 4.78 is 24.4. The van der Waals surface area contributed by atoms with Gasteiger partial charge < -0.3 is 49.6 Å². The van der Waals surface area contributed by atoms with Crippen molar-refractivity contribution >= 4 is 23.5 Å². The maximum absolute atomic E-state index is 14.0. The van der Waals surface area contributed by atoms with Gasteiger partial charge in [0.1, 0.15) is 23.9 Å². The Balaban J connectivity index is 2.14. The lowest BCUT2D eigenvalue weighted by molar-refractivity contribution is -0.384. The fourth-order valence-corrected chi connectivity index (χ4v) is 7.57. The molecule has 14 atom stereocenters. The third-order valence-corrected chi connectivity index (χ3v) is 10.7. The molecule has 5 N–H and O–H groups in total. The molecule has 1 aromatic rings. The first-order chi connectivity index (χ1) is 24.5. The quantitative estimate of drug-likeness (QED) is 0.145. The summed E-state index contributed by atoms with van der Waals surface area (Å²) in [5.41, 5.74) is -3.68. The molecular weight excluding hydrogens is 694 g/mol. The van der Waals surface area contributed by atoms with E-state index in [1.807, 2.05) is 25.9 Å². The van der Waals surface area contributed by atoms with E-state index < -0.39 is 94.6 Å². The smallest absolute Gasteiger partial charge is 0.312 e. The number of non-ortho nitro benzene ring substituents is 1. The van der Waals surface area contributed by atoms with Crippen molar-refractivity contribution in [2.24, 2.45) is 17.8 Å². The molecule has 3 rings (SSSR count). The van der Waals surface area contributed by atoms with Crippen LogP contribution in [-0.4, -0.2) is 128 Å². The van der Waals surface area contributed by atoms with Crippen molar-refractivity contribution in [2.75, 3.05) is 14.1 Å². The van der Waals surface area contributed by atoms with Crippen molar-refractivity contribution < 1.29 is 58.7 Å². The number of amides is 1. The number of likely N-dealkylation sites (N-methyl/N-ethyl adjacent to an activating group) is 1. The lowest BCUT2D eigenvalue weighted by Gasteiger charge is -2.47. The summed E-state index contributed by atoms with van der Waals surface area (Å²) >= 11 is 0. The maximum atomic E-state index is 14.0. The molecule has 2 aliphatic heterocycles. The first-order valence-corrected chi connectivity index (χ1v) is 18.2. The number of ether oxygens (including phenoxy) is 4. The van der Waals surface area contributed by atoms with Crippen LogP contribution in [0.5, 0.6) is 0 Å². The molecule has 0 aromatic heterocycles. The fourth-order valence-electron chi connectivity index (χ4n) is 7.57. The summed E-state index contributed by atoms with van der Waals surface area (Å²) in [6, 6.07) is 4.22. The van der Waals surface area contributed by atoms with E-state index in [0.717, 1.165) is 0 Å². The van der Waals surface area contributed by atoms with E-state index >= 15 is 0 Å². The molecule has 1 amide bonds. The number of carbonyl (C=O) groups is 3. The van der Waals surface area contributed by atoms with Crippen LogP contribution in [0.3, 0.4) is 0 Å². The second-order valence-electron chi connectivity index (χ2n) is 15.6. The van der Waals surface area contributed by atoms with Crippen LogP contribution >= 0.6 is 0 Å². The van der Waals surface area contributed by atoms with E-state index in [1.54, 1.807) is 20.8 Å². The number of nitrogens with zero attached hydrogens (tertiary/aromatic N) is 2. The number of rotatable bonds is 8. The van der Waals surface area contributed by atoms with E-state index in [2.05, 4.69) is 5.32 Å². The summed E-state index contributed by atoms with van der Waals surface area (Å²) in [5, 5.41) is 60.3. The molecule has 1 aromatic carbocycles. The van der Waals surface area contributed by atoms with Crippen LogP contribution in [0.4, 0.5) is 5.69 Å². The molecule has 300 valence electrons. The molecule has 53 heavy (non-hydrogen) atoms. The number of carbonyl (C=O) groups excluding carboxylic acids is 3. The maximum Gasteiger partial charge on any atom is 0.312 e. The van der Waals surface area contributed by atoms with Gasteiger partial charge in [0.25, 0.3) is 5.69 Å². The second-order valence-corrected chi connectivity index (χ2v) is 15.6. The van der Waals surface area contributed by atoms with E-state index in [1.165, 1.54) is 52.0 Å². The van der Waals surface area contributed by atoms with Crippen LogP contribution in [0.15, 0.2) is 24.3 Å². The van der Waals surface area contributed by atoms with Gasteiger partial charge >= 0.3 is 11.9 Å². The Labute approximate surface area is 311 Å². The van der Waals surface area contributed by atoms with Gasteiger partial charge in [0.15, 0.2) is 6.29 Å². The van der Waals surface area contributed by atoms with Crippen LogP contribution in [0.2, 0.25) is 0 Å². The number of benzene rings is 1. The van der Waals surface area contributed by atoms with Crippen molar-refractivity contribution in [2.45, 2.75) is 147 Å². The number of aliphatic hydroxyl groups is 4. The molecule has 2 fully saturated rings. The molecule has 0 bridgehead atoms. The normalized spacial score (nSPS) is 39.3. The van der Waals surface area contributed by atoms with Crippen LogP contribution in [0.25, 0.3) is 0 Å². The Morgan fingerprint density at radius 1 is 1.06 bits per heavy atom. The van der Waals surface area contributed by atoms with Gasteiger partial charge in [0.2, 0.25) is 5.91 Å². The highest BCUT2D eigenvalue weighted by Crippen LogP contribution is 2.37. The first-order valence-electron chi connectivity index (χ1n) is 18.2. The minimum absolute atomic E-state index is 0.0516. The van der Waals surface area contributed by atoms with Crippen molar-refractivity contribution in [3.8, 4) is 0 Å². The molecule has 0 radical (unpaired) electrons. The highest BCUT2D eigenvalue weighted by Gasteiger charge is 2.51. The largest absolute Gasteiger partial charge is 0.461 e. The Morgan fingerprint density at radius 2 is 1.66 bits per heavy atom. The summed E-state index contributed by atoms with van der Waals surface area (Å²) in [4.78, 5) is 53.3. The third kappa shape index (κ3) is 10.7. The molecule has 16 heteroatoms. The van der Waals surface area contributed by atoms with Crippen LogP contribution < -0.4 is 5.32 Å². The minimum Gasteiger partial charge on any atom is -0.461 e. The summed E-state index contributed by atoms with van der Waals surface area (Å²) in [6.45, 7) is 12.3. The summed E-state index contributed by atoms with van der Waals surface area (Å²) in [7, 11) is 3.62. The van der Waals surface area contributed by atoms with Gasteiger partial charge in [0.05, 0.1) is 47.1 Å². The van der Waals surface area contributed by atoms with Crippen LogP contribution in [0, 0.1) is 27.9 Å². The molecule has 2 saturated heterocycles. The fraction of sp³-hybridized carbons (Fsp3) is 0.757. The average molecular weight is 754 g/mol. The van der Waals surface area contributed by atoms with E-state index in [-0.39, 0.29) is 37.1 Å². The number of nitrogens with one attached hydrogen (secondary N) is 1. The molecule has 0 spiro atoms. The van der Waals surface area contributed by atoms with Crippen molar-refractivity contribution in [1.29, 1.82) is 0 Å². The lowest BCUT2D eigenvalue weighted by Crippen LogP contribution is -2.60. The predicted octanol–water partition coefficient (Wildman–Crippen LogP) is 1.86. The first kappa shape index (κ1) is 44.1. The van der Waals surface area contributed by atoms with Gasteiger partial charge in [-0.05, 0) is 73.5 Å². The Hall–Kier alpha value is -3.25. The Kier molecular flexibility index (Phi) is 14.9. The number of aliphatic hydroxyl groups excluding tert-OH is 2. The van der Waals surface area contributed by atoms with E-state index in [4.69, 9.17) is 18.9 Å². The molecule has 0 unspecified atom stereocenters. The van der Waals surface area contributed by atoms with Crippen molar-refractivity contribution in [1.82, 2.24) is 10.2 Å². The zero-order valence-electron chi connectivity index (χ0n) is 32.4. The Bertz CT molecular complexity index is 1420. The van der Waals surface area contributed by atoms with Gasteiger partial charge in [-0.1, -0.05) is 32.9 Å². The van der Waals surface area contributed by atoms with Gasteiger partial charge in [-0.2, -0.15) is 0 Å². The van der Waals surface area contributed by atoms with Crippen LogP contribution in [0.1, 0.15) is 80.2 Å². The monoisotopic (exact) mass is 753 g/mol. The molecule has 0 saturated carbocycles. The van der Waals surface area contributed by atoms with Gasteiger partial charge in [-0.15, -0.1) is 0 Å². The SMILES string of the molecule is CC[C@H]1OC(=O)[C@H](C)[C@@H](OC(=O)Cc2ccc([N+](=O)[O-])cc2)[C@H](C)[C@@H](O[C@@H]2O[C@H](C)C[C@H](N(C)C)[C@H]2O)[C@](C)(O)C[C@@H](C)NC(=O)[C@H](C)[C@@H](O)[C@]1(C)O. The highest BCUT2D eigenvalue weighted by molar-refractivity contribution is 5.79. The predicted molar refractivity (Wildman–Crippen MR) is 191 cm³/mol. The number of nitro benzene ring substituents is 1. The second kappa shape index (κ2) is 17.9. The van der Waals surface area contributed by atoms with Gasteiger partial charge in [0, 0.05) is 30.1 Å². The standard InChI is InChI=1S/C37H59N3O13/c1-11-27-37(8,47)31(43)23(6)33(44)38-19(2)18-36(7,46)32(53-35-29(42)26(39(9)10)16-20(3)50-35)21(4)30(22(5)34(45)51-27)52-28(41)17-24-12-14-25(15-13-24)40(48)49/h12-15,19-23,26-27,29-32,35,42-43,46-47H,11,16-18H2,1-10H3,(H,38,44)/t19-,20-,21+,22-,23-,26+,27-,29-,30+,31-,32-,35+,36-,37-/m1/s1. The zero-order valence-corrected chi connectivity index (χ0v) is 32.4. The summed E-state index contributed by atoms with van der Waals surface area (Å²) in [5.74, 6) is -5.76. The third-order valence-electron chi connectivity index (χ3n) is 10.7. The average Bonchev–Trinajstić information content (AvgIpc) is 3.07. The molecule has 2 aliphatic rings. The minimum atomic E-state index is -2.08. The van der Waals surface area contributed by atoms with E-state index in [0.29, 0.717) is 12.0 Å². The molecular formula is C37H59N3O13. The van der Waals surface area contributed by atoms with E-state index in [9.17, 15) is 44.9 Å². The number of cyclic esters (lactones) is 1. The molecule has 16 nitrogen and oxygen atoms in total. The molecule has 0 aliphatic carbocycles. The van der Waals surface area contributed by atoms with Crippen molar-refractivity contribution in [3.63, 3.8) is 0 Å². The summed E-state index contributed by atoms with van der Waals surface area (Å²) in [6.07, 6.45) is -8.32. The number of esters is 2. The topological polar surface area (TPSA) is 227 Å². The van der Waals surface area contributed by atoms with Gasteiger partial charge in [-0.3, -0.25) is 24.5 Å². The lowest BCUT2D eigenvalue weighted by atomic mass is 9.79. The van der Waals surface area contributed by atoms with Crippen molar-refractivity contribution in [3.05, 3.63) is 39.9 Å². The molecule has 2 heterocycles. The number of nitro groups is 1.